The largest absolute Gasteiger partial charge is 0.381 e. The lowest BCUT2D eigenvalue weighted by Gasteiger charge is -2.48. The Kier molecular flexibility index (Phi) is 4.80. The average molecular weight is 310 g/mol. The number of hydrogen-bond donors (Lipinski definition) is 0. The summed E-state index contributed by atoms with van der Waals surface area (Å²) in [6.45, 7) is 4.69. The lowest BCUT2D eigenvalue weighted by Crippen LogP contribution is -2.54. The number of nitriles is 1. The van der Waals surface area contributed by atoms with E-state index in [4.69, 9.17) is 9.47 Å². The molecule has 118 valence electrons. The van der Waals surface area contributed by atoms with Crippen LogP contribution in [-0.2, 0) is 9.47 Å². The summed E-state index contributed by atoms with van der Waals surface area (Å²) in [6.07, 6.45) is 8.45. The lowest BCUT2D eigenvalue weighted by molar-refractivity contribution is -0.152. The van der Waals surface area contributed by atoms with E-state index in [0.717, 1.165) is 71.4 Å². The molecule has 0 saturated carbocycles. The first kappa shape index (κ1) is 15.6. The van der Waals surface area contributed by atoms with Gasteiger partial charge in [-0.25, -0.2) is 0 Å². The molecule has 3 heterocycles. The SMILES string of the molecule is CSC1(C#N)CCN(C2CCOC3(CCOCC3)C2)CC1. The zero-order chi connectivity index (χ0) is 14.8. The minimum absolute atomic E-state index is 0.0738. The Hall–Kier alpha value is -0.280. The summed E-state index contributed by atoms with van der Waals surface area (Å²) >= 11 is 1.73. The van der Waals surface area contributed by atoms with E-state index in [9.17, 15) is 5.26 Å². The molecule has 3 aliphatic rings. The van der Waals surface area contributed by atoms with Crippen molar-refractivity contribution in [2.24, 2.45) is 0 Å². The number of ether oxygens (including phenoxy) is 2. The maximum absolute atomic E-state index is 9.41. The van der Waals surface area contributed by atoms with Gasteiger partial charge in [0.15, 0.2) is 0 Å². The molecule has 1 spiro atoms. The first-order valence-electron chi connectivity index (χ1n) is 8.13. The molecule has 0 aromatic heterocycles. The van der Waals surface area contributed by atoms with Crippen molar-refractivity contribution in [2.45, 2.75) is 54.9 Å². The number of rotatable bonds is 2. The molecule has 0 aromatic rings. The first-order valence-corrected chi connectivity index (χ1v) is 9.36. The van der Waals surface area contributed by atoms with Crippen LogP contribution >= 0.6 is 11.8 Å². The summed E-state index contributed by atoms with van der Waals surface area (Å²) < 4.78 is 11.5. The van der Waals surface area contributed by atoms with E-state index in [0.29, 0.717) is 6.04 Å². The Morgan fingerprint density at radius 1 is 1.14 bits per heavy atom. The third kappa shape index (κ3) is 3.24. The van der Waals surface area contributed by atoms with E-state index in [2.05, 4.69) is 17.2 Å². The summed E-state index contributed by atoms with van der Waals surface area (Å²) in [5.74, 6) is 0. The van der Waals surface area contributed by atoms with Gasteiger partial charge in [0.1, 0.15) is 4.75 Å². The third-order valence-corrected chi connectivity index (χ3v) is 6.87. The van der Waals surface area contributed by atoms with Crippen molar-refractivity contribution in [1.29, 1.82) is 5.26 Å². The van der Waals surface area contributed by atoms with Crippen LogP contribution in [0.25, 0.3) is 0 Å². The molecule has 0 N–H and O–H groups in total. The molecule has 0 aliphatic carbocycles. The second-order valence-electron chi connectivity index (χ2n) is 6.64. The predicted molar refractivity (Wildman–Crippen MR) is 84.4 cm³/mol. The fraction of sp³-hybridized carbons (Fsp3) is 0.938. The van der Waals surface area contributed by atoms with E-state index < -0.39 is 0 Å². The van der Waals surface area contributed by atoms with Crippen LogP contribution in [0.5, 0.6) is 0 Å². The van der Waals surface area contributed by atoms with Gasteiger partial charge in [0.25, 0.3) is 0 Å². The van der Waals surface area contributed by atoms with E-state index in [1.165, 1.54) is 0 Å². The van der Waals surface area contributed by atoms with E-state index >= 15 is 0 Å². The highest BCUT2D eigenvalue weighted by Crippen LogP contribution is 2.39. The van der Waals surface area contributed by atoms with Gasteiger partial charge in [-0.05, 0) is 44.8 Å². The molecule has 21 heavy (non-hydrogen) atoms. The number of nitrogens with zero attached hydrogens (tertiary/aromatic N) is 2. The monoisotopic (exact) mass is 310 g/mol. The van der Waals surface area contributed by atoms with Gasteiger partial charge in [-0.15, -0.1) is 11.8 Å². The van der Waals surface area contributed by atoms with E-state index in [-0.39, 0.29) is 10.3 Å². The van der Waals surface area contributed by atoms with Crippen LogP contribution < -0.4 is 0 Å². The van der Waals surface area contributed by atoms with Crippen LogP contribution in [0.15, 0.2) is 0 Å². The number of thioether (sulfide) groups is 1. The minimum atomic E-state index is -0.141. The summed E-state index contributed by atoms with van der Waals surface area (Å²) in [7, 11) is 0. The van der Waals surface area contributed by atoms with Gasteiger partial charge in [0.05, 0.1) is 11.7 Å². The maximum Gasteiger partial charge on any atom is 0.104 e. The van der Waals surface area contributed by atoms with Crippen LogP contribution in [0, 0.1) is 11.3 Å². The summed E-state index contributed by atoms with van der Waals surface area (Å²) in [6, 6.07) is 3.18. The molecule has 0 radical (unpaired) electrons. The fourth-order valence-corrected chi connectivity index (χ4v) is 4.70. The maximum atomic E-state index is 9.41. The molecule has 1 atom stereocenters. The Bertz CT molecular complexity index is 390. The van der Waals surface area contributed by atoms with Crippen molar-refractivity contribution in [3.8, 4) is 6.07 Å². The van der Waals surface area contributed by atoms with Crippen LogP contribution in [-0.4, -0.2) is 60.5 Å². The first-order chi connectivity index (χ1) is 10.2. The quantitative estimate of drug-likeness (QED) is 0.784. The van der Waals surface area contributed by atoms with Gasteiger partial charge in [-0.1, -0.05) is 0 Å². The van der Waals surface area contributed by atoms with Gasteiger partial charge in [0.2, 0.25) is 0 Å². The smallest absolute Gasteiger partial charge is 0.104 e. The number of hydrogen-bond acceptors (Lipinski definition) is 5. The van der Waals surface area contributed by atoms with Gasteiger partial charge in [0, 0.05) is 39.0 Å². The minimum Gasteiger partial charge on any atom is -0.381 e. The summed E-state index contributed by atoms with van der Waals surface area (Å²) in [5, 5.41) is 9.41. The second-order valence-corrected chi connectivity index (χ2v) is 7.83. The Balaban J connectivity index is 1.59. The normalized spacial score (nSPS) is 32.7. The van der Waals surface area contributed by atoms with Crippen LogP contribution in [0.2, 0.25) is 0 Å². The molecule has 3 saturated heterocycles. The van der Waals surface area contributed by atoms with Crippen molar-refractivity contribution in [1.82, 2.24) is 4.90 Å². The van der Waals surface area contributed by atoms with Crippen molar-refractivity contribution < 1.29 is 9.47 Å². The molecule has 0 amide bonds. The topological polar surface area (TPSA) is 45.5 Å². The highest BCUT2D eigenvalue weighted by molar-refractivity contribution is 8.00. The molecular formula is C16H26N2O2S. The lowest BCUT2D eigenvalue weighted by atomic mass is 9.82. The van der Waals surface area contributed by atoms with Crippen molar-refractivity contribution in [3.63, 3.8) is 0 Å². The van der Waals surface area contributed by atoms with Crippen LogP contribution in [0.4, 0.5) is 0 Å². The zero-order valence-corrected chi connectivity index (χ0v) is 13.8. The fourth-order valence-electron chi connectivity index (χ4n) is 4.02. The molecule has 4 nitrogen and oxygen atoms in total. The Morgan fingerprint density at radius 3 is 2.48 bits per heavy atom. The molecule has 5 heteroatoms. The third-order valence-electron chi connectivity index (χ3n) is 5.59. The van der Waals surface area contributed by atoms with Crippen molar-refractivity contribution in [3.05, 3.63) is 0 Å². The average Bonchev–Trinajstić information content (AvgIpc) is 2.56. The zero-order valence-electron chi connectivity index (χ0n) is 13.0. The highest BCUT2D eigenvalue weighted by Gasteiger charge is 2.43. The van der Waals surface area contributed by atoms with Gasteiger partial charge >= 0.3 is 0 Å². The second kappa shape index (κ2) is 6.45. The van der Waals surface area contributed by atoms with Gasteiger partial charge < -0.3 is 14.4 Å². The predicted octanol–water partition coefficient (Wildman–Crippen LogP) is 2.44. The van der Waals surface area contributed by atoms with Gasteiger partial charge in [-0.2, -0.15) is 5.26 Å². The summed E-state index contributed by atoms with van der Waals surface area (Å²) in [4.78, 5) is 2.62. The number of likely N-dealkylation sites (tertiary alicyclic amines) is 1. The van der Waals surface area contributed by atoms with Gasteiger partial charge in [-0.3, -0.25) is 0 Å². The molecule has 3 rings (SSSR count). The molecule has 3 fully saturated rings. The standard InChI is InChI=1S/C16H26N2O2S/c1-21-16(13-17)3-7-18(8-4-16)14-2-9-20-15(12-14)5-10-19-11-6-15/h14H,2-12H2,1H3. The van der Waals surface area contributed by atoms with E-state index in [1.54, 1.807) is 11.8 Å². The highest BCUT2D eigenvalue weighted by atomic mass is 32.2. The van der Waals surface area contributed by atoms with Crippen LogP contribution in [0.3, 0.4) is 0 Å². The molecule has 0 bridgehead atoms. The Morgan fingerprint density at radius 2 is 1.86 bits per heavy atom. The van der Waals surface area contributed by atoms with Crippen molar-refractivity contribution in [2.75, 3.05) is 39.2 Å². The van der Waals surface area contributed by atoms with E-state index in [1.807, 2.05) is 0 Å². The molecule has 0 aromatic carbocycles. The summed E-state index contributed by atoms with van der Waals surface area (Å²) in [5.41, 5.74) is 0.0738. The number of piperidine rings is 1. The van der Waals surface area contributed by atoms with Crippen molar-refractivity contribution >= 4 is 11.8 Å². The molecular weight excluding hydrogens is 284 g/mol. The Labute approximate surface area is 132 Å². The molecule has 3 aliphatic heterocycles. The van der Waals surface area contributed by atoms with Crippen LogP contribution in [0.1, 0.15) is 38.5 Å². The molecule has 1 unspecified atom stereocenters.